The molecule has 0 saturated heterocycles. The molecule has 17 heavy (non-hydrogen) atoms. The molecule has 1 aromatic rings. The molecule has 0 aliphatic heterocycles. The number of carbonyl (C=O) groups is 1. The lowest BCUT2D eigenvalue weighted by molar-refractivity contribution is 0.0977. The van der Waals surface area contributed by atoms with E-state index < -0.39 is 0 Å². The Bertz CT molecular complexity index is 483. The molecule has 0 saturated carbocycles. The largest absolute Gasteiger partial charge is 0.307 e. The molecule has 0 aliphatic rings. The Morgan fingerprint density at radius 1 is 1.53 bits per heavy atom. The van der Waals surface area contributed by atoms with E-state index in [4.69, 9.17) is 11.6 Å². The quantitative estimate of drug-likeness (QED) is 0.659. The number of aliphatic imine (C=N–C) groups is 1. The number of benzene rings is 1. The van der Waals surface area contributed by atoms with Crippen molar-refractivity contribution in [3.05, 3.63) is 45.4 Å². The first-order chi connectivity index (χ1) is 8.08. The van der Waals surface area contributed by atoms with Gasteiger partial charge >= 0.3 is 0 Å². The van der Waals surface area contributed by atoms with Gasteiger partial charge in [0.25, 0.3) is 5.91 Å². The zero-order valence-electron chi connectivity index (χ0n) is 9.50. The minimum Gasteiger partial charge on any atom is -0.307 e. The molecule has 0 bridgehead atoms. The van der Waals surface area contributed by atoms with E-state index in [1.54, 1.807) is 37.4 Å². The first-order valence-corrected chi connectivity index (χ1v) is 6.11. The van der Waals surface area contributed by atoms with Crippen molar-refractivity contribution in [3.8, 4) is 0 Å². The summed E-state index contributed by atoms with van der Waals surface area (Å²) in [6.45, 7) is 1.85. The summed E-state index contributed by atoms with van der Waals surface area (Å²) >= 11 is 9.25. The second kappa shape index (κ2) is 6.57. The summed E-state index contributed by atoms with van der Waals surface area (Å²) < 4.78 is 0.799. The van der Waals surface area contributed by atoms with Gasteiger partial charge in [0, 0.05) is 11.5 Å². The topological polar surface area (TPSA) is 41.5 Å². The van der Waals surface area contributed by atoms with E-state index in [1.807, 2.05) is 6.92 Å². The molecular weight excluding hydrogens is 304 g/mol. The average Bonchev–Trinajstić information content (AvgIpc) is 2.31. The highest BCUT2D eigenvalue weighted by Gasteiger charge is 2.11. The summed E-state index contributed by atoms with van der Waals surface area (Å²) in [6, 6.07) is 5.11. The van der Waals surface area contributed by atoms with Crippen molar-refractivity contribution in [1.82, 2.24) is 5.32 Å². The van der Waals surface area contributed by atoms with Crippen molar-refractivity contribution in [1.29, 1.82) is 0 Å². The van der Waals surface area contributed by atoms with E-state index in [1.165, 1.54) is 0 Å². The maximum atomic E-state index is 11.9. The molecule has 0 aliphatic carbocycles. The summed E-state index contributed by atoms with van der Waals surface area (Å²) in [5.41, 5.74) is 0.409. The van der Waals surface area contributed by atoms with Gasteiger partial charge in [0.15, 0.2) is 0 Å². The first-order valence-electron chi connectivity index (χ1n) is 4.94. The van der Waals surface area contributed by atoms with E-state index in [2.05, 4.69) is 26.2 Å². The fourth-order valence-electron chi connectivity index (χ4n) is 1.19. The molecule has 1 rings (SSSR count). The fourth-order valence-corrected chi connectivity index (χ4v) is 1.75. The van der Waals surface area contributed by atoms with Crippen LogP contribution in [0.25, 0.3) is 0 Å². The smallest absolute Gasteiger partial charge is 0.258 e. The molecule has 1 N–H and O–H groups in total. The third-order valence-corrected chi connectivity index (χ3v) is 2.80. The molecule has 0 radical (unpaired) electrons. The Labute approximate surface area is 114 Å². The number of amidine groups is 1. The van der Waals surface area contributed by atoms with Crippen LogP contribution in [0.5, 0.6) is 0 Å². The lowest BCUT2D eigenvalue weighted by atomic mass is 10.2. The van der Waals surface area contributed by atoms with Gasteiger partial charge in [-0.25, -0.2) is 0 Å². The normalized spacial score (nSPS) is 11.9. The summed E-state index contributed by atoms with van der Waals surface area (Å²) in [5, 5.41) is 3.08. The zero-order chi connectivity index (χ0) is 12.8. The number of nitrogens with one attached hydrogen (secondary N) is 1. The van der Waals surface area contributed by atoms with E-state index >= 15 is 0 Å². The predicted molar refractivity (Wildman–Crippen MR) is 74.8 cm³/mol. The van der Waals surface area contributed by atoms with Crippen molar-refractivity contribution in [2.24, 2.45) is 4.99 Å². The maximum Gasteiger partial charge on any atom is 0.258 e. The highest BCUT2D eigenvalue weighted by atomic mass is 79.9. The number of carbonyl (C=O) groups excluding carboxylic acids is 1. The van der Waals surface area contributed by atoms with Crippen LogP contribution in [0.1, 0.15) is 17.3 Å². The molecular formula is C12H12BrClN2O. The maximum absolute atomic E-state index is 11.9. The number of hydrogen-bond donors (Lipinski definition) is 1. The number of rotatable bonds is 2. The van der Waals surface area contributed by atoms with Crippen molar-refractivity contribution in [2.75, 3.05) is 7.05 Å². The monoisotopic (exact) mass is 314 g/mol. The van der Waals surface area contributed by atoms with Crippen LogP contribution in [-0.2, 0) is 0 Å². The Balaban J connectivity index is 2.93. The van der Waals surface area contributed by atoms with Crippen LogP contribution in [0.2, 0.25) is 5.02 Å². The van der Waals surface area contributed by atoms with Crippen LogP contribution in [0, 0.1) is 0 Å². The number of nitrogens with zero attached hydrogens (tertiary/aromatic N) is 1. The van der Waals surface area contributed by atoms with Gasteiger partial charge < -0.3 is 5.32 Å². The van der Waals surface area contributed by atoms with Gasteiger partial charge in [0.05, 0.1) is 10.6 Å². The third-order valence-electron chi connectivity index (χ3n) is 1.98. The number of halogens is 2. The van der Waals surface area contributed by atoms with E-state index in [0.29, 0.717) is 16.4 Å². The van der Waals surface area contributed by atoms with Crippen molar-refractivity contribution >= 4 is 39.3 Å². The predicted octanol–water partition coefficient (Wildman–Crippen LogP) is 3.44. The van der Waals surface area contributed by atoms with E-state index in [0.717, 1.165) is 4.47 Å². The molecule has 0 atom stereocenters. The standard InChI is InChI=1S/C12H12BrClN2O/c1-3-4-11(15-2)16-12(17)9-7-8(13)5-6-10(9)14/h3-7H,1-2H3,(H,15,16,17)/b4-3-. The molecule has 90 valence electrons. The van der Waals surface area contributed by atoms with E-state index in [9.17, 15) is 4.79 Å². The van der Waals surface area contributed by atoms with Gasteiger partial charge in [-0.3, -0.25) is 9.79 Å². The van der Waals surface area contributed by atoms with Gasteiger partial charge in [0.1, 0.15) is 5.84 Å². The molecule has 0 heterocycles. The van der Waals surface area contributed by atoms with Crippen LogP contribution in [0.3, 0.4) is 0 Å². The lowest BCUT2D eigenvalue weighted by Gasteiger charge is -2.06. The molecule has 0 aromatic heterocycles. The number of amides is 1. The number of hydrogen-bond acceptors (Lipinski definition) is 2. The Morgan fingerprint density at radius 3 is 2.82 bits per heavy atom. The average molecular weight is 316 g/mol. The zero-order valence-corrected chi connectivity index (χ0v) is 11.8. The first kappa shape index (κ1) is 13.9. The van der Waals surface area contributed by atoms with E-state index in [-0.39, 0.29) is 5.91 Å². The Morgan fingerprint density at radius 2 is 2.24 bits per heavy atom. The van der Waals surface area contributed by atoms with Crippen LogP contribution in [0.15, 0.2) is 39.8 Å². The lowest BCUT2D eigenvalue weighted by Crippen LogP contribution is -2.29. The van der Waals surface area contributed by atoms with Gasteiger partial charge in [-0.2, -0.15) is 0 Å². The van der Waals surface area contributed by atoms with Crippen LogP contribution in [-0.4, -0.2) is 18.8 Å². The Kier molecular flexibility index (Phi) is 5.38. The van der Waals surface area contributed by atoms with Crippen molar-refractivity contribution < 1.29 is 4.79 Å². The molecule has 3 nitrogen and oxygen atoms in total. The van der Waals surface area contributed by atoms with Gasteiger partial charge in [-0.1, -0.05) is 33.6 Å². The number of allylic oxidation sites excluding steroid dienone is 1. The van der Waals surface area contributed by atoms with Gasteiger partial charge in [-0.05, 0) is 31.2 Å². The van der Waals surface area contributed by atoms with Crippen molar-refractivity contribution in [3.63, 3.8) is 0 Å². The van der Waals surface area contributed by atoms with Crippen LogP contribution < -0.4 is 5.32 Å². The second-order valence-electron chi connectivity index (χ2n) is 3.19. The molecule has 5 heteroatoms. The SMILES string of the molecule is C/C=C\C(=NC)NC(=O)c1cc(Br)ccc1Cl. The fraction of sp³-hybridized carbons (Fsp3) is 0.167. The molecule has 0 spiro atoms. The molecule has 0 fully saturated rings. The minimum absolute atomic E-state index is 0.282. The summed E-state index contributed by atoms with van der Waals surface area (Å²) in [6.07, 6.45) is 3.51. The highest BCUT2D eigenvalue weighted by molar-refractivity contribution is 9.10. The molecule has 0 unspecified atom stereocenters. The second-order valence-corrected chi connectivity index (χ2v) is 4.51. The Hall–Kier alpha value is -1.13. The molecule has 1 aromatic carbocycles. The van der Waals surface area contributed by atoms with Crippen LogP contribution in [0.4, 0.5) is 0 Å². The minimum atomic E-state index is -0.282. The third kappa shape index (κ3) is 3.98. The van der Waals surface area contributed by atoms with Gasteiger partial charge in [0.2, 0.25) is 0 Å². The van der Waals surface area contributed by atoms with Crippen LogP contribution >= 0.6 is 27.5 Å². The van der Waals surface area contributed by atoms with Crippen molar-refractivity contribution in [2.45, 2.75) is 6.92 Å². The summed E-state index contributed by atoms with van der Waals surface area (Å²) in [7, 11) is 1.61. The summed E-state index contributed by atoms with van der Waals surface area (Å²) in [5.74, 6) is 0.212. The van der Waals surface area contributed by atoms with Gasteiger partial charge in [-0.15, -0.1) is 0 Å². The molecule has 1 amide bonds. The summed E-state index contributed by atoms with van der Waals surface area (Å²) in [4.78, 5) is 15.9. The highest BCUT2D eigenvalue weighted by Crippen LogP contribution is 2.20.